The van der Waals surface area contributed by atoms with Gasteiger partial charge in [-0.1, -0.05) is 80.9 Å². The summed E-state index contributed by atoms with van der Waals surface area (Å²) in [5.41, 5.74) is 23.5. The molecule has 0 saturated heterocycles. The maximum Gasteiger partial charge on any atom is 0.226 e. The molecule has 8 N–H and O–H groups in total. The number of aliphatic hydroxyl groups is 1. The Morgan fingerprint density at radius 1 is 0.810 bits per heavy atom. The number of likely N-dealkylation sites (N-methyl/N-ethyl adjacent to an activating group) is 1. The monoisotopic (exact) mass is 861 g/mol. The maximum absolute atomic E-state index is 14.8. The summed E-state index contributed by atoms with van der Waals surface area (Å²) >= 11 is 0. The van der Waals surface area contributed by atoms with E-state index in [1.54, 1.807) is 55.5 Å². The molecule has 0 saturated carbocycles. The normalized spacial score (nSPS) is 17.0. The number of fused-ring (bicyclic) bond motifs is 5. The molecule has 13 heteroatoms. The second-order valence-electron chi connectivity index (χ2n) is 16.3. The number of benzene rings is 4. The Kier molecular flexibility index (Phi) is 18.1. The quantitative estimate of drug-likeness (QED) is 0.0713. The number of nitrogens with one attached hydrogen (secondary N) is 1. The zero-order valence-corrected chi connectivity index (χ0v) is 36.8. The van der Waals surface area contributed by atoms with Crippen molar-refractivity contribution < 1.29 is 38.6 Å². The highest BCUT2D eigenvalue weighted by molar-refractivity contribution is 6.00. The van der Waals surface area contributed by atoms with Crippen molar-refractivity contribution in [3.05, 3.63) is 107 Å². The summed E-state index contributed by atoms with van der Waals surface area (Å²) in [5.74, 6) is -3.10. The summed E-state index contributed by atoms with van der Waals surface area (Å²) in [6, 6.07) is 24.0. The van der Waals surface area contributed by atoms with Crippen molar-refractivity contribution in [2.24, 2.45) is 29.0 Å². The van der Waals surface area contributed by atoms with Gasteiger partial charge in [-0.2, -0.15) is 0 Å². The molecule has 63 heavy (non-hydrogen) atoms. The van der Waals surface area contributed by atoms with E-state index in [0.29, 0.717) is 58.7 Å². The van der Waals surface area contributed by atoms with Crippen molar-refractivity contribution in [2.45, 2.75) is 77.3 Å². The summed E-state index contributed by atoms with van der Waals surface area (Å²) in [6.45, 7) is 4.05. The van der Waals surface area contributed by atoms with Crippen LogP contribution in [0.5, 0.6) is 11.5 Å². The predicted molar refractivity (Wildman–Crippen MR) is 244 cm³/mol. The van der Waals surface area contributed by atoms with E-state index < -0.39 is 53.9 Å². The number of hydrogen-bond acceptors (Lipinski definition) is 11. The summed E-state index contributed by atoms with van der Waals surface area (Å²) in [7, 11) is 1.53. The first-order chi connectivity index (χ1) is 30.4. The number of aliphatic hydroxyl groups excluding tert-OH is 1. The van der Waals surface area contributed by atoms with E-state index in [2.05, 4.69) is 36.5 Å². The van der Waals surface area contributed by atoms with Crippen LogP contribution >= 0.6 is 0 Å². The van der Waals surface area contributed by atoms with Crippen LogP contribution in [0.3, 0.4) is 0 Å². The van der Waals surface area contributed by atoms with Gasteiger partial charge in [-0.05, 0) is 90.7 Å². The van der Waals surface area contributed by atoms with E-state index in [0.717, 1.165) is 30.4 Å². The second-order valence-corrected chi connectivity index (χ2v) is 16.3. The standard InChI is InChI=1S/C50H63N5O8/c1-4-5-7-33-9-12-35(13-10-33)36-14-16-37(17-15-36)43(57)30-39(8-6-21-51)50(61)55(3)48-38-18-20-47(63-25-23-53)41(29-38)40-27-34(11-19-46(40)62-24-22-52)28-42(45(59)31-56)54-49(60)32(2)26-44(48)58/h9-20,27,29,32,39,42,48,56H,4-8,21-26,28,30-31,51-53H2,1-3H3,(H,54,60)/t32-,39-,42+,48+/m1/s1. The molecular formula is C50H63N5O8. The van der Waals surface area contributed by atoms with Crippen LogP contribution in [-0.4, -0.2) is 91.7 Å². The molecule has 4 bridgehead atoms. The number of carbonyl (C=O) groups is 5. The molecule has 1 heterocycles. The molecule has 1 aliphatic rings. The highest BCUT2D eigenvalue weighted by Crippen LogP contribution is 2.41. The van der Waals surface area contributed by atoms with Crippen LogP contribution in [0.25, 0.3) is 22.3 Å². The Bertz CT molecular complexity index is 2190. The van der Waals surface area contributed by atoms with Crippen molar-refractivity contribution in [2.75, 3.05) is 46.5 Å². The van der Waals surface area contributed by atoms with Gasteiger partial charge < -0.3 is 42.0 Å². The van der Waals surface area contributed by atoms with E-state index in [1.807, 2.05) is 12.1 Å². The van der Waals surface area contributed by atoms with Gasteiger partial charge in [0, 0.05) is 61.5 Å². The third-order valence-corrected chi connectivity index (χ3v) is 11.6. The minimum atomic E-state index is -1.20. The number of amides is 2. The summed E-state index contributed by atoms with van der Waals surface area (Å²) < 4.78 is 12.2. The Balaban J connectivity index is 1.53. The number of carbonyl (C=O) groups excluding carboxylic acids is 5. The van der Waals surface area contributed by atoms with Crippen molar-refractivity contribution in [3.63, 3.8) is 0 Å². The molecule has 336 valence electrons. The second kappa shape index (κ2) is 23.6. The lowest BCUT2D eigenvalue weighted by Gasteiger charge is -2.32. The average Bonchev–Trinajstić information content (AvgIpc) is 3.30. The number of unbranched alkanes of at least 4 members (excludes halogenated alkanes) is 1. The minimum Gasteiger partial charge on any atom is -0.492 e. The van der Waals surface area contributed by atoms with Crippen LogP contribution < -0.4 is 32.0 Å². The van der Waals surface area contributed by atoms with E-state index in [9.17, 15) is 29.1 Å². The first-order valence-corrected chi connectivity index (χ1v) is 22.0. The highest BCUT2D eigenvalue weighted by atomic mass is 16.5. The summed E-state index contributed by atoms with van der Waals surface area (Å²) in [5, 5.41) is 12.6. The van der Waals surface area contributed by atoms with Crippen LogP contribution in [0.4, 0.5) is 0 Å². The lowest BCUT2D eigenvalue weighted by molar-refractivity contribution is -0.142. The van der Waals surface area contributed by atoms with Crippen LogP contribution in [0.1, 0.15) is 85.5 Å². The largest absolute Gasteiger partial charge is 0.492 e. The average molecular weight is 862 g/mol. The molecule has 0 radical (unpaired) electrons. The van der Waals surface area contributed by atoms with E-state index in [4.69, 9.17) is 26.7 Å². The molecule has 4 aromatic carbocycles. The molecule has 0 fully saturated rings. The number of ether oxygens (including phenoxy) is 2. The van der Waals surface area contributed by atoms with Gasteiger partial charge in [-0.25, -0.2) is 0 Å². The molecular weight excluding hydrogens is 799 g/mol. The number of ketones is 3. The molecule has 13 nitrogen and oxygen atoms in total. The molecule has 0 aliphatic carbocycles. The topological polar surface area (TPSA) is 217 Å². The van der Waals surface area contributed by atoms with E-state index >= 15 is 0 Å². The van der Waals surface area contributed by atoms with E-state index in [-0.39, 0.29) is 51.3 Å². The molecule has 0 unspecified atom stereocenters. The highest BCUT2D eigenvalue weighted by Gasteiger charge is 2.36. The molecule has 4 aromatic rings. The first kappa shape index (κ1) is 48.3. The Labute approximate surface area is 370 Å². The molecule has 0 aromatic heterocycles. The van der Waals surface area contributed by atoms with Gasteiger partial charge in [0.15, 0.2) is 17.3 Å². The third kappa shape index (κ3) is 12.7. The Hall–Kier alpha value is -5.73. The number of nitrogens with two attached hydrogens (primary N) is 3. The number of hydrogen-bond donors (Lipinski definition) is 5. The summed E-state index contributed by atoms with van der Waals surface area (Å²) in [4.78, 5) is 71.3. The van der Waals surface area contributed by atoms with Crippen LogP contribution in [0, 0.1) is 11.8 Å². The first-order valence-electron chi connectivity index (χ1n) is 22.0. The van der Waals surface area contributed by atoms with Crippen molar-refractivity contribution in [3.8, 4) is 33.8 Å². The Morgan fingerprint density at radius 2 is 1.43 bits per heavy atom. The van der Waals surface area contributed by atoms with Crippen LogP contribution in [0.15, 0.2) is 84.9 Å². The molecule has 4 atom stereocenters. The van der Waals surface area contributed by atoms with Crippen molar-refractivity contribution in [1.82, 2.24) is 10.2 Å². The number of rotatable bonds is 20. The van der Waals surface area contributed by atoms with Crippen LogP contribution in [0.2, 0.25) is 0 Å². The zero-order valence-electron chi connectivity index (χ0n) is 36.8. The molecule has 2 amide bonds. The fourth-order valence-electron chi connectivity index (χ4n) is 8.00. The van der Waals surface area contributed by atoms with Crippen molar-refractivity contribution >= 4 is 29.2 Å². The number of aryl methyl sites for hydroxylation is 1. The minimum absolute atomic E-state index is 0.0501. The fourth-order valence-corrected chi connectivity index (χ4v) is 8.00. The molecule has 1 aliphatic heterocycles. The lowest BCUT2D eigenvalue weighted by atomic mass is 9.88. The summed E-state index contributed by atoms with van der Waals surface area (Å²) in [6.07, 6.45) is 3.72. The number of nitrogens with zero attached hydrogens (tertiary/aromatic N) is 1. The van der Waals surface area contributed by atoms with Gasteiger partial charge in [-0.15, -0.1) is 0 Å². The SMILES string of the molecule is CCCCc1ccc(-c2ccc(C(=O)C[C@@H](CCCN)C(=O)N(C)[C@@H]3C(=O)C[C@@H](C)C(=O)N[C@H](C(=O)CO)Cc4ccc(OCCN)c(c4)-c4cc3ccc4OCCN)cc2)cc1. The Morgan fingerprint density at radius 3 is 2.03 bits per heavy atom. The maximum atomic E-state index is 14.8. The number of Topliss-reactive ketones (excluding diaryl/α,β-unsaturated/α-hetero) is 3. The van der Waals surface area contributed by atoms with Gasteiger partial charge in [0.25, 0.3) is 0 Å². The fraction of sp³-hybridized carbons (Fsp3) is 0.420. The predicted octanol–water partition coefficient (Wildman–Crippen LogP) is 5.36. The van der Waals surface area contributed by atoms with Crippen LogP contribution in [-0.2, 0) is 32.0 Å². The zero-order chi connectivity index (χ0) is 45.5. The van der Waals surface area contributed by atoms with Gasteiger partial charge in [0.05, 0.1) is 6.04 Å². The van der Waals surface area contributed by atoms with E-state index in [1.165, 1.54) is 17.5 Å². The smallest absolute Gasteiger partial charge is 0.226 e. The van der Waals surface area contributed by atoms with Crippen molar-refractivity contribution in [1.29, 1.82) is 0 Å². The van der Waals surface area contributed by atoms with Gasteiger partial charge in [0.1, 0.15) is 37.4 Å². The van der Waals surface area contributed by atoms with Gasteiger partial charge in [0.2, 0.25) is 11.8 Å². The molecule has 0 spiro atoms. The van der Waals surface area contributed by atoms with Gasteiger partial charge >= 0.3 is 0 Å². The lowest BCUT2D eigenvalue weighted by Crippen LogP contribution is -2.46. The third-order valence-electron chi connectivity index (χ3n) is 11.6. The molecule has 5 rings (SSSR count). The van der Waals surface area contributed by atoms with Gasteiger partial charge in [-0.3, -0.25) is 24.0 Å².